The van der Waals surface area contributed by atoms with Crippen molar-refractivity contribution in [2.24, 2.45) is 5.92 Å². The van der Waals surface area contributed by atoms with Crippen molar-refractivity contribution in [3.63, 3.8) is 0 Å². The second kappa shape index (κ2) is 13.6. The molecule has 2 aromatic rings. The molecule has 0 aromatic heterocycles. The number of esters is 1. The largest absolute Gasteiger partial charge is 0.504 e. The maximum atomic E-state index is 13.0. The van der Waals surface area contributed by atoms with E-state index in [1.807, 2.05) is 0 Å². The lowest BCUT2D eigenvalue weighted by atomic mass is 9.92. The van der Waals surface area contributed by atoms with Gasteiger partial charge in [0.25, 0.3) is 0 Å². The van der Waals surface area contributed by atoms with Crippen LogP contribution >= 0.6 is 0 Å². The van der Waals surface area contributed by atoms with Gasteiger partial charge in [-0.05, 0) is 60.9 Å². The Morgan fingerprint density at radius 1 is 0.829 bits per heavy atom. The minimum absolute atomic E-state index is 0.00993. The highest BCUT2D eigenvalue weighted by Gasteiger charge is 2.24. The number of hydrogen-bond donors (Lipinski definition) is 1. The number of ether oxygens (including phenoxy) is 4. The lowest BCUT2D eigenvalue weighted by Gasteiger charge is -2.11. The van der Waals surface area contributed by atoms with Gasteiger partial charge < -0.3 is 24.1 Å². The van der Waals surface area contributed by atoms with Crippen LogP contribution in [0.2, 0.25) is 0 Å². The van der Waals surface area contributed by atoms with Gasteiger partial charge in [0.2, 0.25) is 0 Å². The van der Waals surface area contributed by atoms with Gasteiger partial charge in [-0.15, -0.1) is 0 Å². The first-order chi connectivity index (χ1) is 16.8. The normalized spacial score (nSPS) is 11.9. The number of methoxy groups -OCH3 is 3. The lowest BCUT2D eigenvalue weighted by molar-refractivity contribution is -0.143. The van der Waals surface area contributed by atoms with E-state index in [2.05, 4.69) is 0 Å². The number of benzene rings is 2. The summed E-state index contributed by atoms with van der Waals surface area (Å²) in [6, 6.07) is 9.77. The highest BCUT2D eigenvalue weighted by molar-refractivity contribution is 6.13. The van der Waals surface area contributed by atoms with Crippen molar-refractivity contribution in [1.29, 1.82) is 0 Å². The molecule has 0 aliphatic carbocycles. The predicted molar refractivity (Wildman–Crippen MR) is 132 cm³/mol. The van der Waals surface area contributed by atoms with E-state index in [-0.39, 0.29) is 30.9 Å². The van der Waals surface area contributed by atoms with Gasteiger partial charge >= 0.3 is 5.97 Å². The van der Waals surface area contributed by atoms with E-state index in [1.54, 1.807) is 43.3 Å². The first-order valence-corrected chi connectivity index (χ1v) is 11.0. The summed E-state index contributed by atoms with van der Waals surface area (Å²) in [5.41, 5.74) is 1.28. The molecule has 0 saturated heterocycles. The third kappa shape index (κ3) is 8.03. The fraction of sp³-hybridized carbons (Fsp3) is 0.296. The Hall–Kier alpha value is -4.07. The molecular weight excluding hydrogens is 452 g/mol. The number of ketones is 2. The highest BCUT2D eigenvalue weighted by Crippen LogP contribution is 2.28. The van der Waals surface area contributed by atoms with E-state index < -0.39 is 23.5 Å². The first kappa shape index (κ1) is 27.2. The maximum Gasteiger partial charge on any atom is 0.305 e. The van der Waals surface area contributed by atoms with Crippen molar-refractivity contribution >= 4 is 29.7 Å². The van der Waals surface area contributed by atoms with Gasteiger partial charge in [-0.3, -0.25) is 14.4 Å². The Bertz CT molecular complexity index is 1100. The third-order valence-corrected chi connectivity index (χ3v) is 5.12. The Kier molecular flexibility index (Phi) is 10.6. The average molecular weight is 483 g/mol. The summed E-state index contributed by atoms with van der Waals surface area (Å²) in [6.45, 7) is 1.90. The van der Waals surface area contributed by atoms with E-state index in [0.717, 1.165) is 0 Å². The van der Waals surface area contributed by atoms with Crippen LogP contribution in [-0.2, 0) is 19.1 Å². The molecule has 0 saturated carbocycles. The molecule has 0 amide bonds. The molecule has 1 atom stereocenters. The SMILES string of the molecule is CCOC(=O)CCC(C(=O)/C=C/c1ccc(O)c(OC)c1)C(=O)/C=C/c1ccc(OC)c(OC)c1. The van der Waals surface area contributed by atoms with Gasteiger partial charge in [0.05, 0.1) is 33.9 Å². The predicted octanol–water partition coefficient (Wildman–Crippen LogP) is 4.24. The van der Waals surface area contributed by atoms with Gasteiger partial charge in [-0.1, -0.05) is 24.3 Å². The van der Waals surface area contributed by atoms with Crippen molar-refractivity contribution in [2.45, 2.75) is 19.8 Å². The second-order valence-corrected chi connectivity index (χ2v) is 7.41. The average Bonchev–Trinajstić information content (AvgIpc) is 2.86. The zero-order chi connectivity index (χ0) is 25.8. The van der Waals surface area contributed by atoms with Crippen molar-refractivity contribution in [2.75, 3.05) is 27.9 Å². The molecule has 0 aliphatic heterocycles. The van der Waals surface area contributed by atoms with Crippen LogP contribution in [0, 0.1) is 5.92 Å². The molecule has 2 rings (SSSR count). The minimum Gasteiger partial charge on any atom is -0.504 e. The van der Waals surface area contributed by atoms with E-state index >= 15 is 0 Å². The van der Waals surface area contributed by atoms with Crippen LogP contribution in [0.5, 0.6) is 23.0 Å². The molecule has 8 nitrogen and oxygen atoms in total. The van der Waals surface area contributed by atoms with Crippen LogP contribution in [0.25, 0.3) is 12.2 Å². The van der Waals surface area contributed by atoms with Crippen LogP contribution in [0.1, 0.15) is 30.9 Å². The fourth-order valence-corrected chi connectivity index (χ4v) is 3.26. The van der Waals surface area contributed by atoms with Gasteiger partial charge in [-0.2, -0.15) is 0 Å². The van der Waals surface area contributed by atoms with Gasteiger partial charge in [0, 0.05) is 6.42 Å². The quantitative estimate of drug-likeness (QED) is 0.257. The van der Waals surface area contributed by atoms with E-state index in [4.69, 9.17) is 18.9 Å². The summed E-state index contributed by atoms with van der Waals surface area (Å²) in [4.78, 5) is 37.7. The smallest absolute Gasteiger partial charge is 0.305 e. The van der Waals surface area contributed by atoms with Crippen LogP contribution in [0.4, 0.5) is 0 Å². The van der Waals surface area contributed by atoms with Crippen LogP contribution in [0.15, 0.2) is 48.6 Å². The number of hydrogen-bond acceptors (Lipinski definition) is 8. The third-order valence-electron chi connectivity index (χ3n) is 5.12. The maximum absolute atomic E-state index is 13.0. The molecular formula is C27H30O8. The van der Waals surface area contributed by atoms with Crippen molar-refractivity contribution < 1.29 is 38.4 Å². The molecule has 2 aromatic carbocycles. The summed E-state index contributed by atoms with van der Waals surface area (Å²) in [5.74, 6) is -1.16. The number of rotatable bonds is 13. The van der Waals surface area contributed by atoms with Crippen molar-refractivity contribution in [3.8, 4) is 23.0 Å². The number of aromatic hydroxyl groups is 1. The molecule has 1 N–H and O–H groups in total. The van der Waals surface area contributed by atoms with Gasteiger partial charge in [-0.25, -0.2) is 0 Å². The molecule has 0 radical (unpaired) electrons. The number of phenols is 1. The zero-order valence-corrected chi connectivity index (χ0v) is 20.3. The number of carbonyl (C=O) groups excluding carboxylic acids is 3. The van der Waals surface area contributed by atoms with Crippen LogP contribution < -0.4 is 14.2 Å². The van der Waals surface area contributed by atoms with E-state index in [0.29, 0.717) is 22.6 Å². The van der Waals surface area contributed by atoms with Crippen LogP contribution in [0.3, 0.4) is 0 Å². The fourth-order valence-electron chi connectivity index (χ4n) is 3.26. The number of allylic oxidation sites excluding steroid dienone is 2. The lowest BCUT2D eigenvalue weighted by Crippen LogP contribution is -2.22. The molecule has 0 aliphatic rings. The standard InChI is InChI=1S/C27H30O8/c1-5-35-27(31)15-10-20(21(28)11-6-18-8-13-23(30)25(16-18)33-3)22(29)12-7-19-9-14-24(32-2)26(17-19)34-4/h6-9,11-14,16-17,20,30H,5,10,15H2,1-4H3/b11-6+,12-7+. The molecule has 186 valence electrons. The summed E-state index contributed by atoms with van der Waals surface area (Å²) >= 11 is 0. The Labute approximate surface area is 204 Å². The Morgan fingerprint density at radius 3 is 1.91 bits per heavy atom. The summed E-state index contributed by atoms with van der Waals surface area (Å²) in [7, 11) is 4.46. The Balaban J connectivity index is 2.23. The summed E-state index contributed by atoms with van der Waals surface area (Å²) in [6.07, 6.45) is 5.63. The van der Waals surface area contributed by atoms with E-state index in [9.17, 15) is 19.5 Å². The first-order valence-electron chi connectivity index (χ1n) is 11.0. The summed E-state index contributed by atoms with van der Waals surface area (Å²) in [5, 5.41) is 9.73. The molecule has 35 heavy (non-hydrogen) atoms. The van der Waals surface area contributed by atoms with Crippen LogP contribution in [-0.4, -0.2) is 50.6 Å². The second-order valence-electron chi connectivity index (χ2n) is 7.41. The molecule has 1 unspecified atom stereocenters. The molecule has 0 bridgehead atoms. The van der Waals surface area contributed by atoms with E-state index in [1.165, 1.54) is 45.6 Å². The van der Waals surface area contributed by atoms with Crippen molar-refractivity contribution in [3.05, 3.63) is 59.7 Å². The molecule has 8 heteroatoms. The minimum atomic E-state index is -1.06. The van der Waals surface area contributed by atoms with Gasteiger partial charge in [0.1, 0.15) is 0 Å². The molecule has 0 fully saturated rings. The van der Waals surface area contributed by atoms with Gasteiger partial charge in [0.15, 0.2) is 34.6 Å². The summed E-state index contributed by atoms with van der Waals surface area (Å²) < 4.78 is 20.5. The Morgan fingerprint density at radius 2 is 1.37 bits per heavy atom. The number of carbonyl (C=O) groups is 3. The molecule has 0 heterocycles. The highest BCUT2D eigenvalue weighted by atomic mass is 16.5. The monoisotopic (exact) mass is 482 g/mol. The van der Waals surface area contributed by atoms with Crippen molar-refractivity contribution in [1.82, 2.24) is 0 Å². The molecule has 0 spiro atoms. The number of phenolic OH excluding ortho intramolecular Hbond substituents is 1. The topological polar surface area (TPSA) is 108 Å². The zero-order valence-electron chi connectivity index (χ0n) is 20.3.